The molecule has 0 saturated heterocycles. The quantitative estimate of drug-likeness (QED) is 0.431. The molecule has 0 unspecified atom stereocenters. The zero-order valence-electron chi connectivity index (χ0n) is 21.7. The molecule has 0 radical (unpaired) electrons. The Morgan fingerprint density at radius 3 is 2.54 bits per heavy atom. The molecule has 1 aromatic heterocycles. The molecule has 9 nitrogen and oxygen atoms in total. The summed E-state index contributed by atoms with van der Waals surface area (Å²) in [4.78, 5) is 29.9. The minimum absolute atomic E-state index is 0.210. The Kier molecular flexibility index (Phi) is 8.06. The van der Waals surface area contributed by atoms with Gasteiger partial charge in [0.1, 0.15) is 0 Å². The fourth-order valence-electron chi connectivity index (χ4n) is 5.91. The van der Waals surface area contributed by atoms with Crippen LogP contribution in [-0.4, -0.2) is 59.8 Å². The molecule has 1 fully saturated rings. The second-order valence-corrected chi connectivity index (χ2v) is 12.4. The van der Waals surface area contributed by atoms with E-state index in [9.17, 15) is 18.0 Å². The van der Waals surface area contributed by atoms with E-state index in [4.69, 9.17) is 11.6 Å². The lowest BCUT2D eigenvalue weighted by molar-refractivity contribution is -0.124. The highest BCUT2D eigenvalue weighted by Crippen LogP contribution is 2.46. The molecule has 39 heavy (non-hydrogen) atoms. The van der Waals surface area contributed by atoms with Crippen molar-refractivity contribution in [3.63, 3.8) is 0 Å². The van der Waals surface area contributed by atoms with Gasteiger partial charge in [0.25, 0.3) is 5.91 Å². The van der Waals surface area contributed by atoms with Gasteiger partial charge in [0.2, 0.25) is 15.9 Å². The van der Waals surface area contributed by atoms with Crippen LogP contribution in [0.2, 0.25) is 5.02 Å². The third-order valence-electron chi connectivity index (χ3n) is 7.52. The number of hydrogen-bond donors (Lipinski definition) is 2. The highest BCUT2D eigenvalue weighted by atomic mass is 35.5. The predicted molar refractivity (Wildman–Crippen MR) is 149 cm³/mol. The highest BCUT2D eigenvalue weighted by molar-refractivity contribution is 7.88. The SMILES string of the molecule is CS(=O)(=O)N[C@H]1CCCC[C@@H]1N1C(=O)c2ccccc2[C@@H](C(=O)NCCn2cccn2)[C@@H]1c1ccc(Cl)cc1. The smallest absolute Gasteiger partial charge is 0.255 e. The molecule has 206 valence electrons. The Morgan fingerprint density at radius 2 is 1.82 bits per heavy atom. The van der Waals surface area contributed by atoms with Crippen molar-refractivity contribution in [2.24, 2.45) is 0 Å². The number of sulfonamides is 1. The van der Waals surface area contributed by atoms with Gasteiger partial charge in [-0.15, -0.1) is 0 Å². The van der Waals surface area contributed by atoms with Crippen LogP contribution in [0.15, 0.2) is 67.0 Å². The fourth-order valence-corrected chi connectivity index (χ4v) is 6.86. The van der Waals surface area contributed by atoms with Crippen molar-refractivity contribution in [2.45, 2.75) is 56.3 Å². The summed E-state index contributed by atoms with van der Waals surface area (Å²) in [7, 11) is -3.52. The van der Waals surface area contributed by atoms with Crippen LogP contribution in [0.4, 0.5) is 0 Å². The van der Waals surface area contributed by atoms with Crippen molar-refractivity contribution in [1.82, 2.24) is 24.7 Å². The van der Waals surface area contributed by atoms with E-state index in [1.54, 1.807) is 40.0 Å². The lowest BCUT2D eigenvalue weighted by Crippen LogP contribution is -2.59. The molecular formula is C28H32ClN5O4S. The number of benzene rings is 2. The third-order valence-corrected chi connectivity index (χ3v) is 8.50. The molecule has 2 N–H and O–H groups in total. The number of amides is 2. The number of aromatic nitrogens is 2. The van der Waals surface area contributed by atoms with Crippen molar-refractivity contribution in [3.05, 3.63) is 88.7 Å². The molecule has 3 aromatic rings. The molecule has 0 spiro atoms. The van der Waals surface area contributed by atoms with Crippen LogP contribution in [0.1, 0.15) is 59.1 Å². The summed E-state index contributed by atoms with van der Waals surface area (Å²) in [5.41, 5.74) is 1.87. The molecular weight excluding hydrogens is 538 g/mol. The van der Waals surface area contributed by atoms with Crippen molar-refractivity contribution in [2.75, 3.05) is 12.8 Å². The maximum absolute atomic E-state index is 14.2. The van der Waals surface area contributed by atoms with Crippen LogP contribution in [0.5, 0.6) is 0 Å². The monoisotopic (exact) mass is 569 g/mol. The molecule has 11 heteroatoms. The second-order valence-electron chi connectivity index (χ2n) is 10.2. The van der Waals surface area contributed by atoms with Crippen molar-refractivity contribution in [3.8, 4) is 0 Å². The zero-order valence-corrected chi connectivity index (χ0v) is 23.2. The van der Waals surface area contributed by atoms with Crippen LogP contribution in [-0.2, 0) is 21.4 Å². The summed E-state index contributed by atoms with van der Waals surface area (Å²) in [5, 5.41) is 7.80. The number of nitrogens with one attached hydrogen (secondary N) is 2. The van der Waals surface area contributed by atoms with Crippen LogP contribution < -0.4 is 10.0 Å². The summed E-state index contributed by atoms with van der Waals surface area (Å²) >= 11 is 6.21. The van der Waals surface area contributed by atoms with Gasteiger partial charge in [-0.3, -0.25) is 14.3 Å². The highest BCUT2D eigenvalue weighted by Gasteiger charge is 2.48. The molecule has 2 amide bonds. The molecule has 2 heterocycles. The average Bonchev–Trinajstić information content (AvgIpc) is 3.42. The fraction of sp³-hybridized carbons (Fsp3) is 0.393. The molecule has 2 aromatic carbocycles. The molecule has 1 aliphatic heterocycles. The minimum Gasteiger partial charge on any atom is -0.354 e. The maximum Gasteiger partial charge on any atom is 0.255 e. The van der Waals surface area contributed by atoms with E-state index in [1.807, 2.05) is 36.5 Å². The summed E-state index contributed by atoms with van der Waals surface area (Å²) in [5.74, 6) is -1.13. The van der Waals surface area contributed by atoms with Crippen LogP contribution in [0.25, 0.3) is 0 Å². The van der Waals surface area contributed by atoms with E-state index in [0.717, 1.165) is 24.7 Å². The Balaban J connectivity index is 1.58. The number of fused-ring (bicyclic) bond motifs is 1. The van der Waals surface area contributed by atoms with Crippen molar-refractivity contribution >= 4 is 33.4 Å². The average molecular weight is 570 g/mol. The summed E-state index contributed by atoms with van der Waals surface area (Å²) < 4.78 is 29.1. The normalized spacial score (nSPS) is 23.3. The summed E-state index contributed by atoms with van der Waals surface area (Å²) in [6, 6.07) is 14.7. The molecule has 1 saturated carbocycles. The number of halogens is 1. The Bertz CT molecular complexity index is 1430. The zero-order chi connectivity index (χ0) is 27.6. The number of hydrogen-bond acceptors (Lipinski definition) is 5. The van der Waals surface area contributed by atoms with E-state index in [1.165, 1.54) is 0 Å². The first-order chi connectivity index (χ1) is 18.7. The first-order valence-corrected chi connectivity index (χ1v) is 15.4. The van der Waals surface area contributed by atoms with Gasteiger partial charge in [-0.2, -0.15) is 5.10 Å². The number of nitrogens with zero attached hydrogens (tertiary/aromatic N) is 3. The van der Waals surface area contributed by atoms with Gasteiger partial charge in [0.05, 0.1) is 24.8 Å². The van der Waals surface area contributed by atoms with Crippen LogP contribution in [0, 0.1) is 0 Å². The molecule has 2 aliphatic rings. The van der Waals surface area contributed by atoms with Gasteiger partial charge in [-0.05, 0) is 48.2 Å². The van der Waals surface area contributed by atoms with Crippen LogP contribution in [0.3, 0.4) is 0 Å². The molecule has 0 bridgehead atoms. The lowest BCUT2D eigenvalue weighted by Gasteiger charge is -2.49. The van der Waals surface area contributed by atoms with Gasteiger partial charge in [-0.1, -0.05) is 54.8 Å². The maximum atomic E-state index is 14.2. The molecule has 1 aliphatic carbocycles. The van der Waals surface area contributed by atoms with Gasteiger partial charge in [0, 0.05) is 41.6 Å². The van der Waals surface area contributed by atoms with E-state index >= 15 is 0 Å². The van der Waals surface area contributed by atoms with Gasteiger partial charge in [-0.25, -0.2) is 13.1 Å². The van der Waals surface area contributed by atoms with Gasteiger partial charge >= 0.3 is 0 Å². The minimum atomic E-state index is -3.52. The van der Waals surface area contributed by atoms with Gasteiger partial charge < -0.3 is 10.2 Å². The lowest BCUT2D eigenvalue weighted by atomic mass is 9.76. The van der Waals surface area contributed by atoms with Gasteiger partial charge in [0.15, 0.2) is 0 Å². The summed E-state index contributed by atoms with van der Waals surface area (Å²) in [6.45, 7) is 0.868. The number of rotatable bonds is 8. The standard InChI is InChI=1S/C28H32ClN5O4S/c1-39(37,38)32-23-9-4-5-10-24(23)34-26(19-11-13-20(29)14-12-19)25(21-7-2-3-8-22(21)28(34)36)27(35)30-16-18-33-17-6-15-31-33/h2-3,6-8,11-15,17,23-26,32H,4-5,9-10,16,18H2,1H3,(H,30,35)/t23-,24-,25+,26-/m0/s1. The van der Waals surface area contributed by atoms with Crippen molar-refractivity contribution < 1.29 is 18.0 Å². The topological polar surface area (TPSA) is 113 Å². The van der Waals surface area contributed by atoms with Crippen molar-refractivity contribution in [1.29, 1.82) is 0 Å². The number of carbonyl (C=O) groups is 2. The van der Waals surface area contributed by atoms with E-state index < -0.39 is 34.1 Å². The van der Waals surface area contributed by atoms with Crippen LogP contribution >= 0.6 is 11.6 Å². The first kappa shape index (κ1) is 27.4. The predicted octanol–water partition coefficient (Wildman–Crippen LogP) is 3.49. The molecule has 4 atom stereocenters. The number of carbonyl (C=O) groups excluding carboxylic acids is 2. The summed E-state index contributed by atoms with van der Waals surface area (Å²) in [6.07, 6.45) is 7.59. The third kappa shape index (κ3) is 6.03. The largest absolute Gasteiger partial charge is 0.354 e. The molecule has 5 rings (SSSR count). The van der Waals surface area contributed by atoms with E-state index in [-0.39, 0.29) is 11.8 Å². The first-order valence-electron chi connectivity index (χ1n) is 13.1. The van der Waals surface area contributed by atoms with E-state index in [2.05, 4.69) is 15.1 Å². The Hall–Kier alpha value is -3.21. The van der Waals surface area contributed by atoms with E-state index in [0.29, 0.717) is 42.1 Å². The second kappa shape index (κ2) is 11.5. The Labute approximate surface area is 233 Å². The Morgan fingerprint density at radius 1 is 1.08 bits per heavy atom.